The minimum atomic E-state index is -1.96. The van der Waals surface area contributed by atoms with Crippen LogP contribution in [-0.4, -0.2) is 100 Å². The quantitative estimate of drug-likeness (QED) is 0.0774. The van der Waals surface area contributed by atoms with Crippen LogP contribution in [0.15, 0.2) is 140 Å². The summed E-state index contributed by atoms with van der Waals surface area (Å²) in [5.41, 5.74) is 8.94. The molecular weight excluding hydrogens is 1130 g/mol. The molecule has 7 aromatic carbocycles. The first-order valence-corrected chi connectivity index (χ1v) is 27.1. The Morgan fingerprint density at radius 1 is 0.663 bits per heavy atom. The number of phenolic OH excluding ortho intramolecular Hbond substituents is 6. The van der Waals surface area contributed by atoms with E-state index >= 15 is 14.4 Å². The van der Waals surface area contributed by atoms with E-state index in [1.54, 1.807) is 61.7 Å². The minimum absolute atomic E-state index is 0.0134. The average Bonchev–Trinajstić information content (AvgIpc) is 3.96. The van der Waals surface area contributed by atoms with Gasteiger partial charge in [0.2, 0.25) is 35.4 Å². The summed E-state index contributed by atoms with van der Waals surface area (Å²) in [7, 11) is 0. The SMILES string of the molecule is Cc1ccc(C2NC(=O)C3NC(=O)C(c4cc(O)cc(O)c4)NC(=O)C(NC(=O)C(N)Cc4ccc(O)cc4)Cc4c[nH]c5cc(ccc45)-c4cc3cc(c4O)Oc3ccc(cc3)CC(C(=O)NC(C(=O)O)c3ccc(O)c(O)c3)NC2=O)cc1Cl. The number of phenols is 6. The molecule has 6 amide bonds. The van der Waals surface area contributed by atoms with Gasteiger partial charge in [-0.1, -0.05) is 66.2 Å². The van der Waals surface area contributed by atoms with Crippen molar-refractivity contribution in [3.8, 4) is 57.1 Å². The maximum Gasteiger partial charge on any atom is 0.330 e. The minimum Gasteiger partial charge on any atom is -0.508 e. The highest BCUT2D eigenvalue weighted by molar-refractivity contribution is 6.31. The number of nitrogens with one attached hydrogen (secondary N) is 7. The summed E-state index contributed by atoms with van der Waals surface area (Å²) in [4.78, 5) is 105. The molecule has 0 radical (unpaired) electrons. The van der Waals surface area contributed by atoms with Gasteiger partial charge >= 0.3 is 5.97 Å². The molecule has 7 atom stereocenters. The lowest BCUT2D eigenvalue weighted by molar-refractivity contribution is -0.142. The molecule has 0 spiro atoms. The number of rotatable bonds is 10. The highest BCUT2D eigenvalue weighted by Gasteiger charge is 2.38. The molecule has 16 N–H and O–H groups in total. The Kier molecular flexibility index (Phi) is 16.4. The molecule has 24 heteroatoms. The van der Waals surface area contributed by atoms with Crippen LogP contribution in [-0.2, 0) is 52.8 Å². The summed E-state index contributed by atoms with van der Waals surface area (Å²) in [6.07, 6.45) is 1.05. The van der Waals surface area contributed by atoms with E-state index < -0.39 is 112 Å². The Morgan fingerprint density at radius 3 is 1.98 bits per heavy atom. The summed E-state index contributed by atoms with van der Waals surface area (Å²) in [6.45, 7) is 1.68. The first-order valence-electron chi connectivity index (χ1n) is 26.7. The predicted octanol–water partition coefficient (Wildman–Crippen LogP) is 5.29. The standard InChI is InChI=1S/C62H55ClN8O15/c1-28-2-7-32(21-43(28)63)51-59(81)67-46(57(79)71-54(62(84)85)33-9-15-48(75)49(76)24-33)17-30-5-12-40(13-6-30)86-50-25-35-20-42(55(50)77)31-8-14-41-36(27-65-45(41)22-31)23-47(66-56(78)44(64)16-29-3-10-37(72)11-4-29)58(80)68-52(34-18-38(73)26-39(74)19-34)60(82)70-53(35)61(83)69-51/h2-15,18-22,24-27,44,46-47,51-54,65,72-77H,16-17,23,64H2,1H3,(H,66,78)(H,67,81)(H,68,80)(H,69,83)(H,70,82)(H,71,79)(H,84,85). The molecular formula is C62H55ClN8O15. The Hall–Kier alpha value is -10.8. The second-order valence-corrected chi connectivity index (χ2v) is 21.3. The number of carbonyl (C=O) groups is 7. The molecule has 9 bridgehead atoms. The first-order chi connectivity index (χ1) is 41.0. The number of fused-ring (bicyclic) bond motifs is 15. The van der Waals surface area contributed by atoms with Crippen LogP contribution in [0.4, 0.5) is 0 Å². The number of carboxylic acids is 1. The molecule has 12 rings (SSSR count). The number of amides is 6. The van der Waals surface area contributed by atoms with Crippen LogP contribution in [0.1, 0.15) is 68.7 Å². The van der Waals surface area contributed by atoms with Gasteiger partial charge in [-0.3, -0.25) is 28.8 Å². The number of aromatic nitrogens is 1. The van der Waals surface area contributed by atoms with Crippen molar-refractivity contribution in [2.45, 2.75) is 68.5 Å². The van der Waals surface area contributed by atoms with E-state index in [0.29, 0.717) is 38.7 Å². The topological polar surface area (TPSA) is 384 Å². The molecule has 4 aliphatic rings. The Morgan fingerprint density at radius 2 is 1.31 bits per heavy atom. The number of carbonyl (C=O) groups excluding carboxylic acids is 6. The molecule has 0 aliphatic carbocycles. The van der Waals surface area contributed by atoms with E-state index in [1.165, 1.54) is 48.5 Å². The van der Waals surface area contributed by atoms with Gasteiger partial charge in [-0.25, -0.2) is 4.79 Å². The van der Waals surface area contributed by atoms with E-state index in [0.717, 1.165) is 36.4 Å². The number of halogens is 1. The van der Waals surface area contributed by atoms with Crippen LogP contribution in [0, 0.1) is 6.92 Å². The number of aromatic amines is 1. The molecule has 1 aromatic heterocycles. The molecule has 4 aliphatic heterocycles. The van der Waals surface area contributed by atoms with Crippen molar-refractivity contribution in [3.63, 3.8) is 0 Å². The molecule has 0 fully saturated rings. The van der Waals surface area contributed by atoms with Crippen LogP contribution in [0.25, 0.3) is 22.0 Å². The van der Waals surface area contributed by atoms with Gasteiger partial charge in [0, 0.05) is 46.6 Å². The zero-order valence-corrected chi connectivity index (χ0v) is 46.0. The number of aryl methyl sites for hydroxylation is 1. The van der Waals surface area contributed by atoms with Gasteiger partial charge in [-0.05, 0) is 136 Å². The van der Waals surface area contributed by atoms with Crippen LogP contribution < -0.4 is 42.4 Å². The molecule has 0 saturated heterocycles. The van der Waals surface area contributed by atoms with Crippen LogP contribution >= 0.6 is 11.6 Å². The lowest BCUT2D eigenvalue weighted by Gasteiger charge is -2.29. The Balaban J connectivity index is 1.11. The molecule has 0 saturated carbocycles. The average molecular weight is 1190 g/mol. The first kappa shape index (κ1) is 58.4. The number of carboxylic acid groups (broad SMARTS) is 1. The van der Waals surface area contributed by atoms with Crippen LogP contribution in [0.2, 0.25) is 5.02 Å². The fourth-order valence-electron chi connectivity index (χ4n) is 10.2. The summed E-state index contributed by atoms with van der Waals surface area (Å²) < 4.78 is 6.37. The number of nitrogens with two attached hydrogens (primary N) is 1. The second kappa shape index (κ2) is 24.2. The molecule has 440 valence electrons. The maximum atomic E-state index is 15.6. The van der Waals surface area contributed by atoms with Gasteiger partial charge in [0.25, 0.3) is 0 Å². The van der Waals surface area contributed by atoms with Crippen molar-refractivity contribution >= 4 is 63.9 Å². The third-order valence-corrected chi connectivity index (χ3v) is 15.2. The van der Waals surface area contributed by atoms with Crippen molar-refractivity contribution in [3.05, 3.63) is 189 Å². The van der Waals surface area contributed by atoms with E-state index in [2.05, 4.69) is 36.9 Å². The Bertz CT molecular complexity index is 4000. The maximum absolute atomic E-state index is 15.6. The molecule has 5 heterocycles. The van der Waals surface area contributed by atoms with Gasteiger partial charge in [0.1, 0.15) is 53.2 Å². The second-order valence-electron chi connectivity index (χ2n) is 20.9. The fourth-order valence-corrected chi connectivity index (χ4v) is 10.4. The van der Waals surface area contributed by atoms with Gasteiger partial charge in [-0.2, -0.15) is 0 Å². The largest absolute Gasteiger partial charge is 0.508 e. The number of aliphatic carboxylic acids is 1. The summed E-state index contributed by atoms with van der Waals surface area (Å²) in [5.74, 6) is -10.7. The van der Waals surface area contributed by atoms with Gasteiger partial charge in [0.05, 0.1) is 6.04 Å². The number of H-pyrrole nitrogens is 1. The van der Waals surface area contributed by atoms with E-state index in [1.807, 2.05) is 0 Å². The van der Waals surface area contributed by atoms with Crippen molar-refractivity contribution in [2.24, 2.45) is 5.73 Å². The van der Waals surface area contributed by atoms with Crippen LogP contribution in [0.3, 0.4) is 0 Å². The van der Waals surface area contributed by atoms with Gasteiger partial charge < -0.3 is 83.1 Å². The lowest BCUT2D eigenvalue weighted by atomic mass is 9.94. The number of benzene rings is 7. The molecule has 86 heavy (non-hydrogen) atoms. The third kappa shape index (κ3) is 12.7. The monoisotopic (exact) mass is 1190 g/mol. The smallest absolute Gasteiger partial charge is 0.330 e. The van der Waals surface area contributed by atoms with Crippen LogP contribution in [0.5, 0.6) is 46.0 Å². The lowest BCUT2D eigenvalue weighted by Crippen LogP contribution is -2.55. The van der Waals surface area contributed by atoms with Crippen molar-refractivity contribution in [1.29, 1.82) is 0 Å². The van der Waals surface area contributed by atoms with Gasteiger partial charge in [0.15, 0.2) is 29.0 Å². The normalized spacial score (nSPS) is 18.7. The highest BCUT2D eigenvalue weighted by atomic mass is 35.5. The van der Waals surface area contributed by atoms with Crippen molar-refractivity contribution in [2.75, 3.05) is 0 Å². The fraction of sp³-hybridized carbons (Fsp3) is 0.177. The third-order valence-electron chi connectivity index (χ3n) is 14.8. The van der Waals surface area contributed by atoms with E-state index in [4.69, 9.17) is 22.1 Å². The zero-order valence-electron chi connectivity index (χ0n) is 45.3. The Labute approximate surface area is 493 Å². The summed E-state index contributed by atoms with van der Waals surface area (Å²) in [6, 6.07) is 18.5. The molecule has 23 nitrogen and oxygen atoms in total. The van der Waals surface area contributed by atoms with E-state index in [9.17, 15) is 54.9 Å². The van der Waals surface area contributed by atoms with Gasteiger partial charge in [-0.15, -0.1) is 0 Å². The number of aromatic hydroxyl groups is 6. The number of ether oxygens (including phenoxy) is 1. The van der Waals surface area contributed by atoms with Crippen molar-refractivity contribution < 1.29 is 74.0 Å². The number of hydrogen-bond donors (Lipinski definition) is 15. The number of hydrogen-bond acceptors (Lipinski definition) is 15. The molecule has 7 unspecified atom stereocenters. The highest BCUT2D eigenvalue weighted by Crippen LogP contribution is 2.44. The van der Waals surface area contributed by atoms with E-state index in [-0.39, 0.29) is 69.4 Å². The predicted molar refractivity (Wildman–Crippen MR) is 310 cm³/mol. The summed E-state index contributed by atoms with van der Waals surface area (Å²) >= 11 is 6.66. The zero-order chi connectivity index (χ0) is 61.2. The molecule has 8 aromatic rings. The summed E-state index contributed by atoms with van der Waals surface area (Å²) in [5, 5.41) is 90.7. The van der Waals surface area contributed by atoms with Crippen molar-refractivity contribution in [1.82, 2.24) is 36.9 Å².